The Balaban J connectivity index is 1.37. The molecule has 0 saturated carbocycles. The highest BCUT2D eigenvalue weighted by atomic mass is 32.2. The molecule has 2 N–H and O–H groups in total. The van der Waals surface area contributed by atoms with Gasteiger partial charge in [-0.2, -0.15) is 5.10 Å². The summed E-state index contributed by atoms with van der Waals surface area (Å²) in [6, 6.07) is 20.3. The van der Waals surface area contributed by atoms with Crippen LogP contribution in [0.25, 0.3) is 0 Å². The van der Waals surface area contributed by atoms with Crippen molar-refractivity contribution in [1.29, 1.82) is 0 Å². The Hall–Kier alpha value is -4.52. The monoisotopic (exact) mass is 583 g/mol. The fourth-order valence-electron chi connectivity index (χ4n) is 3.79. The number of thioether (sulfide) groups is 1. The molecule has 1 aliphatic rings. The number of benzene rings is 3. The predicted octanol–water partition coefficient (Wildman–Crippen LogP) is 5.20. The number of rotatable bonds is 9. The lowest BCUT2D eigenvalue weighted by Crippen LogP contribution is -2.31. The third-order valence-electron chi connectivity index (χ3n) is 5.76. The zero-order valence-corrected chi connectivity index (χ0v) is 23.4. The molecule has 1 fully saturated rings. The van der Waals surface area contributed by atoms with Crippen LogP contribution in [-0.4, -0.2) is 61.5 Å². The lowest BCUT2D eigenvalue weighted by Gasteiger charge is -2.21. The van der Waals surface area contributed by atoms with Crippen LogP contribution in [0.2, 0.25) is 0 Å². The Morgan fingerprint density at radius 2 is 1.78 bits per heavy atom. The highest BCUT2D eigenvalue weighted by Gasteiger charge is 2.31. The molecule has 41 heavy (non-hydrogen) atoms. The number of amidine groups is 2. The first kappa shape index (κ1) is 29.5. The van der Waals surface area contributed by atoms with Crippen LogP contribution in [0.4, 0.5) is 30.2 Å². The minimum Gasteiger partial charge on any atom is -0.406 e. The molecular formula is C28H28F3N7O2S. The molecule has 3 aromatic carbocycles. The van der Waals surface area contributed by atoms with Crippen LogP contribution in [0, 0.1) is 0 Å². The maximum absolute atomic E-state index is 12.6. The molecule has 1 amide bonds. The first-order valence-electron chi connectivity index (χ1n) is 12.3. The van der Waals surface area contributed by atoms with Crippen LogP contribution in [0.15, 0.2) is 87.9 Å². The molecule has 1 heterocycles. The zero-order valence-electron chi connectivity index (χ0n) is 22.5. The number of anilines is 2. The lowest BCUT2D eigenvalue weighted by atomic mass is 10.1. The number of halogens is 3. The van der Waals surface area contributed by atoms with Crippen molar-refractivity contribution in [3.63, 3.8) is 0 Å². The molecule has 214 valence electrons. The summed E-state index contributed by atoms with van der Waals surface area (Å²) in [6.45, 7) is 0.497. The molecule has 0 bridgehead atoms. The largest absolute Gasteiger partial charge is 0.573 e. The maximum atomic E-state index is 12.6. The van der Waals surface area contributed by atoms with Gasteiger partial charge in [-0.15, -0.1) is 13.2 Å². The summed E-state index contributed by atoms with van der Waals surface area (Å²) in [4.78, 5) is 24.4. The molecule has 4 rings (SSSR count). The summed E-state index contributed by atoms with van der Waals surface area (Å²) in [7, 11) is 5.74. The third kappa shape index (κ3) is 8.24. The molecule has 0 aliphatic carbocycles. The molecule has 1 saturated heterocycles. The van der Waals surface area contributed by atoms with E-state index in [1.54, 1.807) is 9.91 Å². The first-order chi connectivity index (χ1) is 19.5. The molecule has 0 atom stereocenters. The van der Waals surface area contributed by atoms with Crippen molar-refractivity contribution >= 4 is 52.1 Å². The average molecular weight is 584 g/mol. The van der Waals surface area contributed by atoms with E-state index in [9.17, 15) is 18.0 Å². The fraction of sp³-hybridized carbons (Fsp3) is 0.214. The van der Waals surface area contributed by atoms with Crippen molar-refractivity contribution in [2.24, 2.45) is 20.8 Å². The van der Waals surface area contributed by atoms with E-state index in [2.05, 4.69) is 19.8 Å². The van der Waals surface area contributed by atoms with Crippen molar-refractivity contribution in [1.82, 2.24) is 5.01 Å². The van der Waals surface area contributed by atoms with E-state index in [4.69, 9.17) is 5.73 Å². The Bertz CT molecular complexity index is 1460. The first-order valence-corrected chi connectivity index (χ1v) is 13.3. The number of amides is 1. The number of hydrazone groups is 1. The van der Waals surface area contributed by atoms with E-state index in [1.807, 2.05) is 74.6 Å². The number of nitrogens with two attached hydrogens (primary N) is 1. The summed E-state index contributed by atoms with van der Waals surface area (Å²) < 4.78 is 40.7. The van der Waals surface area contributed by atoms with E-state index in [-0.39, 0.29) is 17.5 Å². The third-order valence-corrected chi connectivity index (χ3v) is 6.67. The van der Waals surface area contributed by atoms with Gasteiger partial charge in [0.05, 0.1) is 23.7 Å². The van der Waals surface area contributed by atoms with E-state index in [0.717, 1.165) is 29.1 Å². The number of carbonyl (C=O) groups is 1. The summed E-state index contributed by atoms with van der Waals surface area (Å²) >= 11 is 1.40. The number of hydrogen-bond donors (Lipinski definition) is 1. The fourth-order valence-corrected chi connectivity index (χ4v) is 4.71. The second-order valence-electron chi connectivity index (χ2n) is 9.13. The van der Waals surface area contributed by atoms with E-state index in [0.29, 0.717) is 28.7 Å². The molecule has 9 nitrogen and oxygen atoms in total. The Morgan fingerprint density at radius 1 is 1.07 bits per heavy atom. The number of alkyl halides is 3. The summed E-state index contributed by atoms with van der Waals surface area (Å²) in [5.74, 6) is 0.197. The molecular weight excluding hydrogens is 555 g/mol. The normalized spacial score (nSPS) is 15.2. The van der Waals surface area contributed by atoms with Gasteiger partial charge in [0.2, 0.25) is 5.91 Å². The van der Waals surface area contributed by atoms with Gasteiger partial charge in [0.1, 0.15) is 17.9 Å². The minimum absolute atomic E-state index is 0.0202. The van der Waals surface area contributed by atoms with Gasteiger partial charge in [0.25, 0.3) is 0 Å². The van der Waals surface area contributed by atoms with Gasteiger partial charge in [-0.25, -0.2) is 9.98 Å². The van der Waals surface area contributed by atoms with E-state index >= 15 is 0 Å². The van der Waals surface area contributed by atoms with Crippen molar-refractivity contribution < 1.29 is 22.7 Å². The summed E-state index contributed by atoms with van der Waals surface area (Å²) in [6.07, 6.45) is -3.52. The minimum atomic E-state index is -4.75. The topological polar surface area (TPSA) is 99.1 Å². The summed E-state index contributed by atoms with van der Waals surface area (Å²) in [5, 5.41) is 7.06. The van der Waals surface area contributed by atoms with Gasteiger partial charge in [-0.1, -0.05) is 42.1 Å². The lowest BCUT2D eigenvalue weighted by molar-refractivity contribution is -0.274. The summed E-state index contributed by atoms with van der Waals surface area (Å²) in [5.41, 5.74) is 9.86. The SMILES string of the molecule is CN(Cc1ccc(C(N)=NC=Nc2ccc(OC(F)(F)F)cc2)cc1)/N=C1\SCC(=O)N1c1cccc(N(C)C)c1. The van der Waals surface area contributed by atoms with Crippen LogP contribution in [0.3, 0.4) is 0 Å². The number of carbonyl (C=O) groups excluding carboxylic acids is 1. The standard InChI is InChI=1S/C28H28F3N7O2S/c1-36(2)22-5-4-6-23(15-22)38-25(39)17-41-27(38)35-37(3)16-19-7-9-20(10-8-19)26(32)34-18-33-21-11-13-24(14-12-21)40-28(29,30)31/h4-15,18H,16-17H2,1-3H3,(H2,32,33,34)/b35-27-. The number of aliphatic imine (C=N–C) groups is 2. The van der Waals surface area contributed by atoms with Gasteiger partial charge in [-0.05, 0) is 48.0 Å². The molecule has 0 radical (unpaired) electrons. The van der Waals surface area contributed by atoms with Crippen LogP contribution in [0.1, 0.15) is 11.1 Å². The molecule has 3 aromatic rings. The Morgan fingerprint density at radius 3 is 2.44 bits per heavy atom. The van der Waals surface area contributed by atoms with Crippen molar-refractivity contribution in [3.05, 3.63) is 83.9 Å². The van der Waals surface area contributed by atoms with Gasteiger partial charge in [-0.3, -0.25) is 14.7 Å². The predicted molar refractivity (Wildman–Crippen MR) is 158 cm³/mol. The second kappa shape index (κ2) is 12.8. The number of nitrogens with zero attached hydrogens (tertiary/aromatic N) is 6. The second-order valence-corrected chi connectivity index (χ2v) is 10.1. The van der Waals surface area contributed by atoms with Crippen LogP contribution >= 0.6 is 11.8 Å². The molecule has 13 heteroatoms. The van der Waals surface area contributed by atoms with E-state index in [1.165, 1.54) is 30.2 Å². The average Bonchev–Trinajstić information content (AvgIpc) is 3.28. The zero-order chi connectivity index (χ0) is 29.6. The smallest absolute Gasteiger partial charge is 0.406 e. The number of hydrogen-bond acceptors (Lipinski definition) is 7. The molecule has 0 aromatic heterocycles. The van der Waals surface area contributed by atoms with Crippen LogP contribution in [0.5, 0.6) is 5.75 Å². The van der Waals surface area contributed by atoms with Crippen LogP contribution in [-0.2, 0) is 11.3 Å². The highest BCUT2D eigenvalue weighted by Crippen LogP contribution is 2.30. The Kier molecular flexibility index (Phi) is 9.17. The van der Waals surface area contributed by atoms with Gasteiger partial charge < -0.3 is 15.4 Å². The molecule has 0 spiro atoms. The van der Waals surface area contributed by atoms with Crippen LogP contribution < -0.4 is 20.3 Å². The van der Waals surface area contributed by atoms with Crippen molar-refractivity contribution in [2.45, 2.75) is 12.9 Å². The molecule has 0 unspecified atom stereocenters. The van der Waals surface area contributed by atoms with Gasteiger partial charge in [0, 0.05) is 32.4 Å². The van der Waals surface area contributed by atoms with Crippen molar-refractivity contribution in [3.8, 4) is 5.75 Å². The van der Waals surface area contributed by atoms with Gasteiger partial charge >= 0.3 is 6.36 Å². The number of ether oxygens (including phenoxy) is 1. The van der Waals surface area contributed by atoms with E-state index < -0.39 is 6.36 Å². The quantitative estimate of drug-likeness (QED) is 0.211. The van der Waals surface area contributed by atoms with Crippen molar-refractivity contribution in [2.75, 3.05) is 36.7 Å². The maximum Gasteiger partial charge on any atom is 0.573 e. The Labute approximate surface area is 239 Å². The molecule has 1 aliphatic heterocycles. The highest BCUT2D eigenvalue weighted by molar-refractivity contribution is 8.15. The van der Waals surface area contributed by atoms with Gasteiger partial charge in [0.15, 0.2) is 5.17 Å².